The highest BCUT2D eigenvalue weighted by molar-refractivity contribution is 9.09. The third-order valence-corrected chi connectivity index (χ3v) is 3.91. The van der Waals surface area contributed by atoms with Crippen LogP contribution in [0.4, 0.5) is 0 Å². The maximum absolute atomic E-state index is 4.39. The van der Waals surface area contributed by atoms with Crippen LogP contribution in [-0.2, 0) is 13.5 Å². The molecule has 1 aromatic rings. The van der Waals surface area contributed by atoms with Crippen molar-refractivity contribution in [3.05, 3.63) is 18.0 Å². The largest absolute Gasteiger partial charge is 0.276 e. The van der Waals surface area contributed by atoms with Crippen molar-refractivity contribution in [1.82, 2.24) is 9.78 Å². The zero-order valence-electron chi connectivity index (χ0n) is 8.55. The first-order chi connectivity index (χ1) is 6.09. The zero-order valence-corrected chi connectivity index (χ0v) is 10.1. The topological polar surface area (TPSA) is 17.8 Å². The van der Waals surface area contributed by atoms with Crippen molar-refractivity contribution < 1.29 is 0 Å². The molecular weight excluding hydrogens is 228 g/mol. The van der Waals surface area contributed by atoms with Crippen molar-refractivity contribution in [2.75, 3.05) is 5.33 Å². The molecule has 0 bridgehead atoms. The molecule has 0 aliphatic heterocycles. The van der Waals surface area contributed by atoms with Crippen LogP contribution in [0.25, 0.3) is 0 Å². The minimum absolute atomic E-state index is 0.342. The average Bonchev–Trinajstić information content (AvgIpc) is 2.51. The summed E-state index contributed by atoms with van der Waals surface area (Å²) in [7, 11) is 1.96. The molecule has 0 aromatic carbocycles. The minimum Gasteiger partial charge on any atom is -0.276 e. The average molecular weight is 245 g/mol. The zero-order chi connectivity index (χ0) is 9.90. The van der Waals surface area contributed by atoms with Crippen LogP contribution in [0.2, 0.25) is 0 Å². The van der Waals surface area contributed by atoms with Crippen molar-refractivity contribution in [2.45, 2.75) is 26.7 Å². The van der Waals surface area contributed by atoms with E-state index >= 15 is 0 Å². The van der Waals surface area contributed by atoms with Gasteiger partial charge in [0.05, 0.1) is 5.69 Å². The maximum atomic E-state index is 4.39. The summed E-state index contributed by atoms with van der Waals surface area (Å²) < 4.78 is 1.86. The highest BCUT2D eigenvalue weighted by Gasteiger charge is 2.21. The molecule has 0 radical (unpaired) electrons. The van der Waals surface area contributed by atoms with Gasteiger partial charge < -0.3 is 0 Å². The molecule has 1 unspecified atom stereocenters. The summed E-state index contributed by atoms with van der Waals surface area (Å²) in [5.74, 6) is 0. The Morgan fingerprint density at radius 3 is 2.69 bits per heavy atom. The van der Waals surface area contributed by atoms with Gasteiger partial charge in [0.15, 0.2) is 0 Å². The van der Waals surface area contributed by atoms with E-state index in [0.29, 0.717) is 5.41 Å². The second-order valence-electron chi connectivity index (χ2n) is 3.96. The maximum Gasteiger partial charge on any atom is 0.0630 e. The van der Waals surface area contributed by atoms with Gasteiger partial charge in [0.2, 0.25) is 0 Å². The van der Waals surface area contributed by atoms with Crippen molar-refractivity contribution in [3.63, 3.8) is 0 Å². The first kappa shape index (κ1) is 10.8. The Hall–Kier alpha value is -0.310. The van der Waals surface area contributed by atoms with Gasteiger partial charge in [-0.15, -0.1) is 0 Å². The number of nitrogens with zero attached hydrogens (tertiary/aromatic N) is 2. The van der Waals surface area contributed by atoms with E-state index in [9.17, 15) is 0 Å². The summed E-state index contributed by atoms with van der Waals surface area (Å²) in [4.78, 5) is 0. The number of hydrogen-bond acceptors (Lipinski definition) is 1. The summed E-state index contributed by atoms with van der Waals surface area (Å²) >= 11 is 3.56. The molecule has 0 fully saturated rings. The predicted molar refractivity (Wildman–Crippen MR) is 59.1 cm³/mol. The van der Waals surface area contributed by atoms with Crippen LogP contribution in [0.1, 0.15) is 26.0 Å². The molecule has 1 rings (SSSR count). The minimum atomic E-state index is 0.342. The SMILES string of the molecule is CCC(C)(CBr)Cc1ccn(C)n1. The third kappa shape index (κ3) is 2.83. The van der Waals surface area contributed by atoms with Crippen molar-refractivity contribution in [1.29, 1.82) is 0 Å². The van der Waals surface area contributed by atoms with E-state index in [0.717, 1.165) is 11.8 Å². The lowest BCUT2D eigenvalue weighted by Gasteiger charge is -2.24. The van der Waals surface area contributed by atoms with Crippen molar-refractivity contribution >= 4 is 15.9 Å². The monoisotopic (exact) mass is 244 g/mol. The Balaban J connectivity index is 2.67. The molecule has 3 heteroatoms. The molecule has 2 nitrogen and oxygen atoms in total. The predicted octanol–water partition coefficient (Wildman–Crippen LogP) is 2.77. The molecule has 0 spiro atoms. The van der Waals surface area contributed by atoms with Crippen LogP contribution < -0.4 is 0 Å². The quantitative estimate of drug-likeness (QED) is 0.746. The van der Waals surface area contributed by atoms with Gasteiger partial charge in [-0.05, 0) is 24.3 Å². The fourth-order valence-electron chi connectivity index (χ4n) is 1.26. The van der Waals surface area contributed by atoms with E-state index < -0.39 is 0 Å². The number of aromatic nitrogens is 2. The van der Waals surface area contributed by atoms with Gasteiger partial charge in [-0.3, -0.25) is 4.68 Å². The number of alkyl halides is 1. The van der Waals surface area contributed by atoms with E-state index in [1.165, 1.54) is 12.1 Å². The first-order valence-corrected chi connectivity index (χ1v) is 5.76. The van der Waals surface area contributed by atoms with Gasteiger partial charge in [0, 0.05) is 18.6 Å². The number of aryl methyl sites for hydroxylation is 1. The van der Waals surface area contributed by atoms with Crippen LogP contribution in [0.3, 0.4) is 0 Å². The lowest BCUT2D eigenvalue weighted by molar-refractivity contribution is 0.356. The second kappa shape index (κ2) is 4.27. The van der Waals surface area contributed by atoms with E-state index in [4.69, 9.17) is 0 Å². The smallest absolute Gasteiger partial charge is 0.0630 e. The molecule has 74 valence electrons. The molecule has 0 amide bonds. The Morgan fingerprint density at radius 1 is 1.62 bits per heavy atom. The normalized spacial score (nSPS) is 15.7. The standard InChI is InChI=1S/C10H17BrN2/c1-4-10(2,8-11)7-9-5-6-13(3)12-9/h5-6H,4,7-8H2,1-3H3. The van der Waals surface area contributed by atoms with Gasteiger partial charge in [0.1, 0.15) is 0 Å². The Bertz CT molecular complexity index is 264. The third-order valence-electron chi connectivity index (χ3n) is 2.55. The van der Waals surface area contributed by atoms with Crippen LogP contribution in [0.5, 0.6) is 0 Å². The first-order valence-electron chi connectivity index (χ1n) is 4.64. The number of halogens is 1. The van der Waals surface area contributed by atoms with Crippen molar-refractivity contribution in [2.24, 2.45) is 12.5 Å². The summed E-state index contributed by atoms with van der Waals surface area (Å²) in [6.07, 6.45) is 4.23. The van der Waals surface area contributed by atoms with Gasteiger partial charge in [-0.2, -0.15) is 5.10 Å². The Kier molecular flexibility index (Phi) is 3.54. The van der Waals surface area contributed by atoms with Crippen LogP contribution in [0.15, 0.2) is 12.3 Å². The summed E-state index contributed by atoms with van der Waals surface area (Å²) in [6, 6.07) is 2.09. The molecule has 1 heterocycles. The molecule has 0 aliphatic rings. The van der Waals surface area contributed by atoms with E-state index in [2.05, 4.69) is 40.9 Å². The molecule has 13 heavy (non-hydrogen) atoms. The van der Waals surface area contributed by atoms with Crippen LogP contribution in [-0.4, -0.2) is 15.1 Å². The highest BCUT2D eigenvalue weighted by Crippen LogP contribution is 2.27. The second-order valence-corrected chi connectivity index (χ2v) is 4.52. The Labute approximate surface area is 88.5 Å². The van der Waals surface area contributed by atoms with E-state index in [-0.39, 0.29) is 0 Å². The molecule has 1 atom stereocenters. The van der Waals surface area contributed by atoms with Gasteiger partial charge in [0.25, 0.3) is 0 Å². The van der Waals surface area contributed by atoms with E-state index in [1.54, 1.807) is 0 Å². The molecular formula is C10H17BrN2. The lowest BCUT2D eigenvalue weighted by atomic mass is 9.85. The molecule has 0 saturated heterocycles. The summed E-state index contributed by atoms with van der Waals surface area (Å²) in [6.45, 7) is 4.51. The molecule has 1 aromatic heterocycles. The Morgan fingerprint density at radius 2 is 2.31 bits per heavy atom. The molecule has 0 N–H and O–H groups in total. The van der Waals surface area contributed by atoms with Crippen LogP contribution in [0, 0.1) is 5.41 Å². The van der Waals surface area contributed by atoms with Gasteiger partial charge in [-0.25, -0.2) is 0 Å². The fraction of sp³-hybridized carbons (Fsp3) is 0.700. The molecule has 0 saturated carbocycles. The van der Waals surface area contributed by atoms with Crippen LogP contribution >= 0.6 is 15.9 Å². The lowest BCUT2D eigenvalue weighted by Crippen LogP contribution is -2.20. The number of rotatable bonds is 4. The van der Waals surface area contributed by atoms with Gasteiger partial charge in [-0.1, -0.05) is 29.8 Å². The summed E-state index contributed by atoms with van der Waals surface area (Å²) in [5, 5.41) is 5.42. The highest BCUT2D eigenvalue weighted by atomic mass is 79.9. The fourth-order valence-corrected chi connectivity index (χ4v) is 1.86. The summed E-state index contributed by atoms with van der Waals surface area (Å²) in [5.41, 5.74) is 1.53. The van der Waals surface area contributed by atoms with E-state index in [1.807, 2.05) is 17.9 Å². The van der Waals surface area contributed by atoms with Gasteiger partial charge >= 0.3 is 0 Å². The van der Waals surface area contributed by atoms with Crippen molar-refractivity contribution in [3.8, 4) is 0 Å². The number of hydrogen-bond donors (Lipinski definition) is 0. The molecule has 0 aliphatic carbocycles.